The minimum atomic E-state index is -3.92. The summed E-state index contributed by atoms with van der Waals surface area (Å²) in [4.78, 5) is 29.5. The van der Waals surface area contributed by atoms with Crippen LogP contribution in [0.1, 0.15) is 45.7 Å². The van der Waals surface area contributed by atoms with Gasteiger partial charge in [-0.1, -0.05) is 24.3 Å². The molecule has 0 spiro atoms. The van der Waals surface area contributed by atoms with Crippen LogP contribution in [-0.4, -0.2) is 66.6 Å². The molecular weight excluding hydrogens is 414 g/mol. The van der Waals surface area contributed by atoms with Gasteiger partial charge in [0.25, 0.3) is 21.8 Å². The first-order valence-corrected chi connectivity index (χ1v) is 11.9. The van der Waals surface area contributed by atoms with Crippen LogP contribution in [0.4, 0.5) is 0 Å². The molecule has 0 unspecified atom stereocenters. The van der Waals surface area contributed by atoms with Crippen molar-refractivity contribution in [1.29, 1.82) is 0 Å². The molecule has 2 amide bonds. The lowest BCUT2D eigenvalue weighted by Crippen LogP contribution is -2.48. The average molecular weight is 442 g/mol. The van der Waals surface area contributed by atoms with E-state index in [0.29, 0.717) is 18.7 Å². The maximum absolute atomic E-state index is 13.0. The normalized spacial score (nSPS) is 18.5. The van der Waals surface area contributed by atoms with Gasteiger partial charge in [-0.3, -0.25) is 14.5 Å². The van der Waals surface area contributed by atoms with E-state index in [1.54, 1.807) is 24.8 Å². The van der Waals surface area contributed by atoms with Gasteiger partial charge in [-0.25, -0.2) is 12.7 Å². The number of aryl methyl sites for hydroxylation is 1. The van der Waals surface area contributed by atoms with Crippen LogP contribution in [0, 0.1) is 6.92 Å². The van der Waals surface area contributed by atoms with Crippen molar-refractivity contribution in [3.8, 4) is 0 Å². The van der Waals surface area contributed by atoms with E-state index in [0.717, 1.165) is 23.9 Å². The van der Waals surface area contributed by atoms with Gasteiger partial charge in [0.2, 0.25) is 0 Å². The van der Waals surface area contributed by atoms with Gasteiger partial charge < -0.3 is 4.90 Å². The molecule has 7 nitrogen and oxygen atoms in total. The van der Waals surface area contributed by atoms with Gasteiger partial charge in [-0.15, -0.1) is 0 Å². The SMILES string of the molecule is Cc1ccccc1CN1CCN(C(=O)c2ccc3c(c2)S(=O)(=O)N(C(C)C)C3=O)CC1. The summed E-state index contributed by atoms with van der Waals surface area (Å²) in [5.74, 6) is -0.738. The van der Waals surface area contributed by atoms with E-state index in [9.17, 15) is 18.0 Å². The molecule has 31 heavy (non-hydrogen) atoms. The molecule has 2 aliphatic heterocycles. The predicted octanol–water partition coefficient (Wildman–Crippen LogP) is 2.51. The Hall–Kier alpha value is -2.71. The van der Waals surface area contributed by atoms with Crippen LogP contribution in [-0.2, 0) is 16.6 Å². The van der Waals surface area contributed by atoms with E-state index in [1.165, 1.54) is 23.3 Å². The van der Waals surface area contributed by atoms with Gasteiger partial charge in [0.1, 0.15) is 4.90 Å². The van der Waals surface area contributed by atoms with E-state index in [1.807, 2.05) is 12.1 Å². The van der Waals surface area contributed by atoms with Gasteiger partial charge >= 0.3 is 0 Å². The van der Waals surface area contributed by atoms with Gasteiger partial charge in [-0.2, -0.15) is 0 Å². The molecular formula is C23H27N3O4S. The summed E-state index contributed by atoms with van der Waals surface area (Å²) in [7, 11) is -3.92. The van der Waals surface area contributed by atoms with E-state index in [-0.39, 0.29) is 16.4 Å². The second kappa shape index (κ2) is 8.09. The number of amides is 2. The van der Waals surface area contributed by atoms with Crippen LogP contribution in [0.5, 0.6) is 0 Å². The van der Waals surface area contributed by atoms with Crippen molar-refractivity contribution in [1.82, 2.24) is 14.1 Å². The molecule has 2 aromatic carbocycles. The third-order valence-corrected chi connectivity index (χ3v) is 7.98. The Kier molecular flexibility index (Phi) is 5.61. The summed E-state index contributed by atoms with van der Waals surface area (Å²) in [6.45, 7) is 8.91. The highest BCUT2D eigenvalue weighted by molar-refractivity contribution is 7.90. The molecule has 164 valence electrons. The summed E-state index contributed by atoms with van der Waals surface area (Å²) in [6.07, 6.45) is 0. The third kappa shape index (κ3) is 3.85. The molecule has 2 aromatic rings. The van der Waals surface area contributed by atoms with Gasteiger partial charge in [-0.05, 0) is 50.1 Å². The van der Waals surface area contributed by atoms with Crippen LogP contribution in [0.25, 0.3) is 0 Å². The largest absolute Gasteiger partial charge is 0.336 e. The van der Waals surface area contributed by atoms with Gasteiger partial charge in [0.15, 0.2) is 0 Å². The zero-order chi connectivity index (χ0) is 22.3. The number of rotatable bonds is 4. The molecule has 0 N–H and O–H groups in total. The first-order chi connectivity index (χ1) is 14.7. The van der Waals surface area contributed by atoms with Crippen LogP contribution in [0.15, 0.2) is 47.4 Å². The number of nitrogens with zero attached hydrogens (tertiary/aromatic N) is 3. The van der Waals surface area contributed by atoms with Crippen molar-refractivity contribution in [2.75, 3.05) is 26.2 Å². The second-order valence-electron chi connectivity index (χ2n) is 8.41. The molecule has 0 atom stereocenters. The molecule has 1 fully saturated rings. The summed E-state index contributed by atoms with van der Waals surface area (Å²) in [6, 6.07) is 12.2. The first kappa shape index (κ1) is 21.5. The lowest BCUT2D eigenvalue weighted by atomic mass is 10.1. The quantitative estimate of drug-likeness (QED) is 0.729. The minimum Gasteiger partial charge on any atom is -0.336 e. The highest BCUT2D eigenvalue weighted by atomic mass is 32.2. The molecule has 0 saturated carbocycles. The maximum Gasteiger partial charge on any atom is 0.269 e. The molecule has 2 aliphatic rings. The third-order valence-electron chi connectivity index (χ3n) is 5.98. The number of sulfonamides is 1. The Morgan fingerprint density at radius 1 is 1.03 bits per heavy atom. The monoisotopic (exact) mass is 441 g/mol. The Labute approximate surface area is 183 Å². The lowest BCUT2D eigenvalue weighted by Gasteiger charge is -2.35. The summed E-state index contributed by atoms with van der Waals surface area (Å²) in [5.41, 5.74) is 2.97. The van der Waals surface area contributed by atoms with Crippen LogP contribution < -0.4 is 0 Å². The Morgan fingerprint density at radius 3 is 2.35 bits per heavy atom. The molecule has 8 heteroatoms. The predicted molar refractivity (Wildman–Crippen MR) is 117 cm³/mol. The number of carbonyl (C=O) groups excluding carboxylic acids is 2. The van der Waals surface area contributed by atoms with Crippen molar-refractivity contribution in [2.24, 2.45) is 0 Å². The second-order valence-corrected chi connectivity index (χ2v) is 10.2. The summed E-state index contributed by atoms with van der Waals surface area (Å²) in [5, 5.41) is 0. The smallest absolute Gasteiger partial charge is 0.269 e. The molecule has 0 aliphatic carbocycles. The number of carbonyl (C=O) groups is 2. The van der Waals surface area contributed by atoms with E-state index >= 15 is 0 Å². The van der Waals surface area contributed by atoms with Crippen molar-refractivity contribution in [2.45, 2.75) is 38.3 Å². The number of fused-ring (bicyclic) bond motifs is 1. The summed E-state index contributed by atoms with van der Waals surface area (Å²) < 4.78 is 26.5. The first-order valence-electron chi connectivity index (χ1n) is 10.5. The minimum absolute atomic E-state index is 0.0739. The van der Waals surface area contributed by atoms with Crippen LogP contribution >= 0.6 is 0 Å². The van der Waals surface area contributed by atoms with Crippen molar-refractivity contribution in [3.05, 3.63) is 64.7 Å². The molecule has 2 heterocycles. The van der Waals surface area contributed by atoms with Crippen molar-refractivity contribution in [3.63, 3.8) is 0 Å². The standard InChI is InChI=1S/C23H27N3O4S/c1-16(2)26-23(28)20-9-8-18(14-21(20)31(26,29)30)22(27)25-12-10-24(11-13-25)15-19-7-5-4-6-17(19)3/h4-9,14,16H,10-13,15H2,1-3H3. The lowest BCUT2D eigenvalue weighted by molar-refractivity contribution is 0.0627. The fourth-order valence-electron chi connectivity index (χ4n) is 4.21. The highest BCUT2D eigenvalue weighted by Gasteiger charge is 2.43. The zero-order valence-electron chi connectivity index (χ0n) is 18.0. The molecule has 0 aromatic heterocycles. The highest BCUT2D eigenvalue weighted by Crippen LogP contribution is 2.33. The Morgan fingerprint density at radius 2 is 1.71 bits per heavy atom. The number of benzene rings is 2. The summed E-state index contributed by atoms with van der Waals surface area (Å²) >= 11 is 0. The van der Waals surface area contributed by atoms with Gasteiger partial charge in [0.05, 0.1) is 5.56 Å². The maximum atomic E-state index is 13.0. The Bertz CT molecular complexity index is 1140. The Balaban J connectivity index is 1.47. The van der Waals surface area contributed by atoms with E-state index in [4.69, 9.17) is 0 Å². The average Bonchev–Trinajstić information content (AvgIpc) is 2.94. The molecule has 0 bridgehead atoms. The van der Waals surface area contributed by atoms with Crippen LogP contribution in [0.2, 0.25) is 0 Å². The van der Waals surface area contributed by atoms with Crippen molar-refractivity contribution < 1.29 is 18.0 Å². The van der Waals surface area contributed by atoms with E-state index in [2.05, 4.69) is 24.0 Å². The van der Waals surface area contributed by atoms with E-state index < -0.39 is 22.0 Å². The molecule has 0 radical (unpaired) electrons. The number of hydrogen-bond donors (Lipinski definition) is 0. The topological polar surface area (TPSA) is 78.0 Å². The zero-order valence-corrected chi connectivity index (χ0v) is 18.9. The molecule has 1 saturated heterocycles. The fraction of sp³-hybridized carbons (Fsp3) is 0.391. The fourth-order valence-corrected chi connectivity index (χ4v) is 6.00. The van der Waals surface area contributed by atoms with Gasteiger partial charge in [0, 0.05) is 44.3 Å². The number of piperazine rings is 1. The van der Waals surface area contributed by atoms with Crippen LogP contribution in [0.3, 0.4) is 0 Å². The number of hydrogen-bond acceptors (Lipinski definition) is 5. The van der Waals surface area contributed by atoms with Crippen molar-refractivity contribution >= 4 is 21.8 Å². The molecule has 4 rings (SSSR count).